The molecule has 0 saturated heterocycles. The maximum absolute atomic E-state index is 12.4. The summed E-state index contributed by atoms with van der Waals surface area (Å²) in [6.45, 7) is 0.546. The van der Waals surface area contributed by atoms with Crippen molar-refractivity contribution in [2.45, 2.75) is 12.9 Å². The van der Waals surface area contributed by atoms with Gasteiger partial charge in [0.05, 0.1) is 12.7 Å². The maximum atomic E-state index is 12.4. The Bertz CT molecular complexity index is 829. The van der Waals surface area contributed by atoms with Gasteiger partial charge in [0.2, 0.25) is 0 Å². The molecule has 0 amide bonds. The van der Waals surface area contributed by atoms with Crippen LogP contribution in [-0.2, 0) is 6.54 Å². The van der Waals surface area contributed by atoms with Crippen LogP contribution < -0.4 is 4.74 Å². The first-order chi connectivity index (χ1) is 11.4. The van der Waals surface area contributed by atoms with Crippen LogP contribution in [0.1, 0.15) is 5.56 Å². The molecule has 0 radical (unpaired) electrons. The molecule has 3 aromatic rings. The Morgan fingerprint density at radius 2 is 1.79 bits per heavy atom. The molecule has 0 unspecified atom stereocenters. The molecule has 0 fully saturated rings. The number of phenolic OH excluding ortho intramolecular Hbond substituents is 1. The Labute approximate surface area is 135 Å². The Kier molecular flexibility index (Phi) is 4.16. The summed E-state index contributed by atoms with van der Waals surface area (Å²) < 4.78 is 42.6. The molecule has 3 rings (SSSR count). The van der Waals surface area contributed by atoms with Crippen molar-refractivity contribution in [3.05, 3.63) is 66.5 Å². The SMILES string of the molecule is Oc1ccc(-c2cnn(Cc3ccccc3)c2)cc1OC(F)(F)F. The molecular formula is C17H13F3N2O2. The quantitative estimate of drug-likeness (QED) is 0.778. The second kappa shape index (κ2) is 6.27. The molecule has 0 atom stereocenters. The van der Waals surface area contributed by atoms with E-state index in [2.05, 4.69) is 9.84 Å². The molecule has 24 heavy (non-hydrogen) atoms. The Morgan fingerprint density at radius 1 is 1.04 bits per heavy atom. The molecule has 4 nitrogen and oxygen atoms in total. The number of aromatic nitrogens is 2. The van der Waals surface area contributed by atoms with E-state index >= 15 is 0 Å². The van der Waals surface area contributed by atoms with Crippen molar-refractivity contribution in [3.8, 4) is 22.6 Å². The zero-order valence-electron chi connectivity index (χ0n) is 12.4. The van der Waals surface area contributed by atoms with Crippen LogP contribution in [0.2, 0.25) is 0 Å². The van der Waals surface area contributed by atoms with Gasteiger partial charge in [0, 0.05) is 11.8 Å². The Balaban J connectivity index is 1.83. The molecule has 1 aromatic heterocycles. The summed E-state index contributed by atoms with van der Waals surface area (Å²) in [5.74, 6) is -1.22. The van der Waals surface area contributed by atoms with Crippen LogP contribution in [-0.4, -0.2) is 21.2 Å². The van der Waals surface area contributed by atoms with Gasteiger partial charge in [0.15, 0.2) is 11.5 Å². The number of phenols is 1. The molecule has 0 spiro atoms. The fraction of sp³-hybridized carbons (Fsp3) is 0.118. The van der Waals surface area contributed by atoms with E-state index in [1.165, 1.54) is 6.07 Å². The Morgan fingerprint density at radius 3 is 2.50 bits per heavy atom. The zero-order valence-corrected chi connectivity index (χ0v) is 12.4. The third-order valence-electron chi connectivity index (χ3n) is 3.34. The predicted octanol–water partition coefficient (Wildman–Crippen LogP) is 4.20. The second-order valence-electron chi connectivity index (χ2n) is 5.14. The van der Waals surface area contributed by atoms with Gasteiger partial charge in [0.25, 0.3) is 0 Å². The van der Waals surface area contributed by atoms with Crippen LogP contribution in [0, 0.1) is 0 Å². The number of alkyl halides is 3. The van der Waals surface area contributed by atoms with Gasteiger partial charge in [-0.1, -0.05) is 36.4 Å². The van der Waals surface area contributed by atoms with E-state index in [0.717, 1.165) is 17.7 Å². The first kappa shape index (κ1) is 15.9. The third-order valence-corrected chi connectivity index (χ3v) is 3.34. The molecule has 0 aliphatic carbocycles. The molecule has 0 bridgehead atoms. The van der Waals surface area contributed by atoms with E-state index in [0.29, 0.717) is 17.7 Å². The van der Waals surface area contributed by atoms with E-state index in [9.17, 15) is 18.3 Å². The van der Waals surface area contributed by atoms with Crippen LogP contribution in [0.15, 0.2) is 60.9 Å². The summed E-state index contributed by atoms with van der Waals surface area (Å²) in [6, 6.07) is 13.5. The van der Waals surface area contributed by atoms with Crippen LogP contribution in [0.3, 0.4) is 0 Å². The lowest BCUT2D eigenvalue weighted by atomic mass is 10.1. The number of aromatic hydroxyl groups is 1. The predicted molar refractivity (Wildman–Crippen MR) is 81.6 cm³/mol. The maximum Gasteiger partial charge on any atom is 0.573 e. The molecule has 1 heterocycles. The molecule has 0 aliphatic heterocycles. The van der Waals surface area contributed by atoms with E-state index in [1.807, 2.05) is 30.3 Å². The minimum atomic E-state index is -4.87. The molecule has 2 aromatic carbocycles. The van der Waals surface area contributed by atoms with Crippen LogP contribution in [0.5, 0.6) is 11.5 Å². The van der Waals surface area contributed by atoms with Gasteiger partial charge in [-0.3, -0.25) is 4.68 Å². The summed E-state index contributed by atoms with van der Waals surface area (Å²) in [5.41, 5.74) is 2.14. The summed E-state index contributed by atoms with van der Waals surface area (Å²) in [4.78, 5) is 0. The highest BCUT2D eigenvalue weighted by atomic mass is 19.4. The molecule has 0 aliphatic rings. The van der Waals surface area contributed by atoms with Crippen molar-refractivity contribution in [3.63, 3.8) is 0 Å². The largest absolute Gasteiger partial charge is 0.573 e. The average Bonchev–Trinajstić information content (AvgIpc) is 2.98. The minimum absolute atomic E-state index is 0.464. The van der Waals surface area contributed by atoms with Gasteiger partial charge < -0.3 is 9.84 Å². The van der Waals surface area contributed by atoms with Crippen molar-refractivity contribution in [2.24, 2.45) is 0 Å². The standard InChI is InChI=1S/C17H13F3N2O2/c18-17(19,20)24-16-8-13(6-7-15(16)23)14-9-21-22(11-14)10-12-4-2-1-3-5-12/h1-9,11,23H,10H2. The van der Waals surface area contributed by atoms with Crippen LogP contribution in [0.4, 0.5) is 13.2 Å². The van der Waals surface area contributed by atoms with Gasteiger partial charge in [-0.15, -0.1) is 13.2 Å². The topological polar surface area (TPSA) is 47.3 Å². The third kappa shape index (κ3) is 3.87. The van der Waals surface area contributed by atoms with Crippen molar-refractivity contribution in [1.82, 2.24) is 9.78 Å². The number of rotatable bonds is 4. The monoisotopic (exact) mass is 334 g/mol. The first-order valence-electron chi connectivity index (χ1n) is 7.06. The molecule has 7 heteroatoms. The van der Waals surface area contributed by atoms with Crippen LogP contribution in [0.25, 0.3) is 11.1 Å². The van der Waals surface area contributed by atoms with Gasteiger partial charge in [-0.25, -0.2) is 0 Å². The number of benzene rings is 2. The van der Waals surface area contributed by atoms with E-state index in [4.69, 9.17) is 0 Å². The van der Waals surface area contributed by atoms with Crippen molar-refractivity contribution in [2.75, 3.05) is 0 Å². The van der Waals surface area contributed by atoms with Gasteiger partial charge in [-0.05, 0) is 23.3 Å². The average molecular weight is 334 g/mol. The molecule has 1 N–H and O–H groups in total. The molecular weight excluding hydrogens is 321 g/mol. The lowest BCUT2D eigenvalue weighted by molar-refractivity contribution is -0.275. The highest BCUT2D eigenvalue weighted by Crippen LogP contribution is 2.35. The molecule has 124 valence electrons. The second-order valence-corrected chi connectivity index (χ2v) is 5.14. The highest BCUT2D eigenvalue weighted by Gasteiger charge is 2.32. The van der Waals surface area contributed by atoms with E-state index in [1.54, 1.807) is 17.1 Å². The number of halogens is 3. The normalized spacial score (nSPS) is 11.5. The zero-order chi connectivity index (χ0) is 17.2. The van der Waals surface area contributed by atoms with Crippen LogP contribution >= 0.6 is 0 Å². The lowest BCUT2D eigenvalue weighted by Crippen LogP contribution is -2.17. The number of ether oxygens (including phenoxy) is 1. The van der Waals surface area contributed by atoms with E-state index < -0.39 is 17.9 Å². The Hall–Kier alpha value is -2.96. The summed E-state index contributed by atoms with van der Waals surface area (Å²) in [5, 5.41) is 13.7. The fourth-order valence-corrected chi connectivity index (χ4v) is 2.27. The lowest BCUT2D eigenvalue weighted by Gasteiger charge is -2.11. The van der Waals surface area contributed by atoms with Crippen molar-refractivity contribution < 1.29 is 23.0 Å². The first-order valence-corrected chi connectivity index (χ1v) is 7.06. The summed E-state index contributed by atoms with van der Waals surface area (Å²) in [6.07, 6.45) is -1.60. The minimum Gasteiger partial charge on any atom is -0.504 e. The number of hydrogen-bond acceptors (Lipinski definition) is 3. The number of hydrogen-bond donors (Lipinski definition) is 1. The van der Waals surface area contributed by atoms with Gasteiger partial charge in [0.1, 0.15) is 0 Å². The van der Waals surface area contributed by atoms with Gasteiger partial charge in [-0.2, -0.15) is 5.10 Å². The molecule has 0 saturated carbocycles. The summed E-state index contributed by atoms with van der Waals surface area (Å²) in [7, 11) is 0. The fourth-order valence-electron chi connectivity index (χ4n) is 2.27. The summed E-state index contributed by atoms with van der Waals surface area (Å²) >= 11 is 0. The number of nitrogens with zero attached hydrogens (tertiary/aromatic N) is 2. The van der Waals surface area contributed by atoms with E-state index in [-0.39, 0.29) is 0 Å². The van der Waals surface area contributed by atoms with Crippen molar-refractivity contribution >= 4 is 0 Å². The van der Waals surface area contributed by atoms with Gasteiger partial charge >= 0.3 is 6.36 Å². The highest BCUT2D eigenvalue weighted by molar-refractivity contribution is 5.65. The smallest absolute Gasteiger partial charge is 0.504 e. The van der Waals surface area contributed by atoms with Crippen molar-refractivity contribution in [1.29, 1.82) is 0 Å².